The lowest BCUT2D eigenvalue weighted by atomic mass is 10.0. The maximum atomic E-state index is 13.1. The van der Waals surface area contributed by atoms with Crippen LogP contribution in [-0.4, -0.2) is 40.8 Å². The number of rotatable bonds is 7. The van der Waals surface area contributed by atoms with E-state index in [1.807, 2.05) is 0 Å². The first kappa shape index (κ1) is 22.3. The molecule has 0 spiro atoms. The van der Waals surface area contributed by atoms with E-state index < -0.39 is 37.5 Å². The van der Waals surface area contributed by atoms with E-state index in [2.05, 4.69) is 4.98 Å². The Kier molecular flexibility index (Phi) is 6.50. The van der Waals surface area contributed by atoms with E-state index >= 15 is 0 Å². The van der Waals surface area contributed by atoms with Crippen molar-refractivity contribution in [1.82, 2.24) is 10.0 Å². The zero-order valence-corrected chi connectivity index (χ0v) is 18.0. The van der Waals surface area contributed by atoms with Gasteiger partial charge in [0.05, 0.1) is 4.90 Å². The molecule has 1 unspecified atom stereocenters. The molecule has 12 heteroatoms. The zero-order valence-electron chi connectivity index (χ0n) is 15.5. The highest BCUT2D eigenvalue weighted by Gasteiger charge is 2.45. The molecule has 1 aliphatic rings. The second kappa shape index (κ2) is 8.76. The third kappa shape index (κ3) is 4.67. The van der Waals surface area contributed by atoms with Gasteiger partial charge in [0.25, 0.3) is 21.9 Å². The highest BCUT2D eigenvalue weighted by atomic mass is 33.1. The van der Waals surface area contributed by atoms with Crippen molar-refractivity contribution >= 4 is 49.5 Å². The number of amides is 2. The minimum atomic E-state index is -4.68. The van der Waals surface area contributed by atoms with Gasteiger partial charge in [0.2, 0.25) is 0 Å². The molecule has 0 aliphatic carbocycles. The summed E-state index contributed by atoms with van der Waals surface area (Å²) in [7, 11) is -2.70. The van der Waals surface area contributed by atoms with Crippen LogP contribution in [-0.2, 0) is 34.1 Å². The van der Waals surface area contributed by atoms with E-state index in [4.69, 9.17) is 4.84 Å². The quantitative estimate of drug-likeness (QED) is 0.367. The van der Waals surface area contributed by atoms with Crippen molar-refractivity contribution in [2.75, 3.05) is 0 Å². The first-order chi connectivity index (χ1) is 14.1. The van der Waals surface area contributed by atoms with Gasteiger partial charge in [0, 0.05) is 24.6 Å². The molecule has 158 valence electrons. The molecule has 2 heterocycles. The van der Waals surface area contributed by atoms with Crippen LogP contribution < -0.4 is 0 Å². The van der Waals surface area contributed by atoms with Crippen molar-refractivity contribution in [2.45, 2.75) is 34.4 Å². The molecular formula is C18H16N2O7S3. The maximum Gasteiger partial charge on any atom is 0.354 e. The second-order valence-electron chi connectivity index (χ2n) is 6.30. The number of pyridine rings is 1. The smallest absolute Gasteiger partial charge is 0.328 e. The summed E-state index contributed by atoms with van der Waals surface area (Å²) < 4.78 is 31.7. The van der Waals surface area contributed by atoms with Gasteiger partial charge in [-0.1, -0.05) is 35.1 Å². The van der Waals surface area contributed by atoms with Crippen LogP contribution in [0.25, 0.3) is 0 Å². The predicted octanol–water partition coefficient (Wildman–Crippen LogP) is 2.59. The Bertz CT molecular complexity index is 1080. The number of hydrogen-bond acceptors (Lipinski definition) is 9. The lowest BCUT2D eigenvalue weighted by molar-refractivity contribution is -0.199. The highest BCUT2D eigenvalue weighted by Crippen LogP contribution is 2.49. The largest absolute Gasteiger partial charge is 0.354 e. The summed E-state index contributed by atoms with van der Waals surface area (Å²) in [5, 5.41) is 0.919. The molecule has 1 saturated heterocycles. The molecule has 1 N–H and O–H groups in total. The average molecular weight is 469 g/mol. The molecule has 1 aromatic carbocycles. The van der Waals surface area contributed by atoms with Crippen molar-refractivity contribution in [3.05, 3.63) is 54.2 Å². The van der Waals surface area contributed by atoms with E-state index in [1.54, 1.807) is 24.4 Å². The van der Waals surface area contributed by atoms with Crippen LogP contribution >= 0.6 is 21.6 Å². The Morgan fingerprint density at radius 1 is 1.13 bits per heavy atom. The fourth-order valence-electron chi connectivity index (χ4n) is 2.62. The Morgan fingerprint density at radius 2 is 1.77 bits per heavy atom. The number of aromatic nitrogens is 1. The summed E-state index contributed by atoms with van der Waals surface area (Å²) in [5.41, 5.74) is -0.0648. The Labute approximate surface area is 180 Å². The summed E-state index contributed by atoms with van der Waals surface area (Å²) in [6, 6.07) is 10.5. The van der Waals surface area contributed by atoms with Crippen molar-refractivity contribution in [1.29, 1.82) is 0 Å². The number of carbonyl (C=O) groups excluding carboxylic acids is 3. The first-order valence-electron chi connectivity index (χ1n) is 8.55. The molecule has 0 bridgehead atoms. The standard InChI is InChI=1S/C18H16N2O7S3/c1-18(29-28-14-8-4-5-11-19-14,12-6-2-3-7-13(12)30(24,25)26)17(23)27-20-15(21)9-10-16(20)22/h2-8,11H,9-10H2,1H3,(H,24,25,26). The van der Waals surface area contributed by atoms with Gasteiger partial charge in [0.1, 0.15) is 9.77 Å². The summed E-state index contributed by atoms with van der Waals surface area (Å²) in [4.78, 5) is 45.6. The molecule has 3 rings (SSSR count). The van der Waals surface area contributed by atoms with Crippen molar-refractivity contribution in [2.24, 2.45) is 0 Å². The van der Waals surface area contributed by atoms with Crippen molar-refractivity contribution in [3.8, 4) is 0 Å². The lowest BCUT2D eigenvalue weighted by Crippen LogP contribution is -2.40. The minimum Gasteiger partial charge on any atom is -0.328 e. The number of nitrogens with zero attached hydrogens (tertiary/aromatic N) is 2. The predicted molar refractivity (Wildman–Crippen MR) is 108 cm³/mol. The number of hydroxylamine groups is 2. The zero-order chi connectivity index (χ0) is 21.9. The van der Waals surface area contributed by atoms with E-state index in [-0.39, 0.29) is 18.4 Å². The molecule has 2 amide bonds. The monoisotopic (exact) mass is 468 g/mol. The molecule has 1 fully saturated rings. The Balaban J connectivity index is 2.01. The van der Waals surface area contributed by atoms with E-state index in [0.717, 1.165) is 27.7 Å². The van der Waals surface area contributed by atoms with Crippen LogP contribution in [0.3, 0.4) is 0 Å². The third-order valence-electron chi connectivity index (χ3n) is 4.18. The normalized spacial score (nSPS) is 16.4. The topological polar surface area (TPSA) is 131 Å². The fourth-order valence-corrected chi connectivity index (χ4v) is 5.88. The average Bonchev–Trinajstić information content (AvgIpc) is 3.04. The summed E-state index contributed by atoms with van der Waals surface area (Å²) in [5.74, 6) is -2.38. The number of benzene rings is 1. The molecule has 30 heavy (non-hydrogen) atoms. The van der Waals surface area contributed by atoms with E-state index in [9.17, 15) is 27.4 Å². The summed E-state index contributed by atoms with van der Waals surface area (Å²) >= 11 is 0. The highest BCUT2D eigenvalue weighted by molar-refractivity contribution is 8.77. The van der Waals surface area contributed by atoms with Gasteiger partial charge in [-0.3, -0.25) is 14.1 Å². The maximum absolute atomic E-state index is 13.1. The van der Waals surface area contributed by atoms with Gasteiger partial charge in [-0.05, 0) is 35.9 Å². The molecule has 9 nitrogen and oxygen atoms in total. The molecule has 1 aliphatic heterocycles. The third-order valence-corrected chi connectivity index (χ3v) is 8.07. The van der Waals surface area contributed by atoms with Gasteiger partial charge >= 0.3 is 5.97 Å². The van der Waals surface area contributed by atoms with E-state index in [0.29, 0.717) is 10.1 Å². The lowest BCUT2D eigenvalue weighted by Gasteiger charge is -2.28. The van der Waals surface area contributed by atoms with Crippen LogP contribution in [0.5, 0.6) is 0 Å². The van der Waals surface area contributed by atoms with Crippen LogP contribution in [0.2, 0.25) is 0 Å². The van der Waals surface area contributed by atoms with Gasteiger partial charge in [-0.15, -0.1) is 5.06 Å². The van der Waals surface area contributed by atoms with Crippen LogP contribution in [0.1, 0.15) is 25.3 Å². The molecule has 1 aromatic heterocycles. The SMILES string of the molecule is CC(SSc1ccccn1)(C(=O)ON1C(=O)CCC1=O)c1ccccc1S(=O)(=O)O. The van der Waals surface area contributed by atoms with Gasteiger partial charge < -0.3 is 4.84 Å². The van der Waals surface area contributed by atoms with Gasteiger partial charge in [-0.2, -0.15) is 8.42 Å². The Morgan fingerprint density at radius 3 is 2.37 bits per heavy atom. The van der Waals surface area contributed by atoms with Crippen LogP contribution in [0.4, 0.5) is 0 Å². The van der Waals surface area contributed by atoms with Crippen LogP contribution in [0.15, 0.2) is 58.6 Å². The summed E-state index contributed by atoms with van der Waals surface area (Å²) in [6.07, 6.45) is 1.38. The molecular weight excluding hydrogens is 452 g/mol. The summed E-state index contributed by atoms with van der Waals surface area (Å²) in [6.45, 7) is 1.38. The number of imide groups is 1. The van der Waals surface area contributed by atoms with Crippen molar-refractivity contribution < 1.29 is 32.2 Å². The van der Waals surface area contributed by atoms with E-state index in [1.165, 1.54) is 25.1 Å². The molecule has 0 radical (unpaired) electrons. The number of carbonyl (C=O) groups is 3. The van der Waals surface area contributed by atoms with Gasteiger partial charge in [-0.25, -0.2) is 9.78 Å². The molecule has 0 saturated carbocycles. The van der Waals surface area contributed by atoms with Gasteiger partial charge in [0.15, 0.2) is 0 Å². The fraction of sp³-hybridized carbons (Fsp3) is 0.222. The second-order valence-corrected chi connectivity index (χ2v) is 10.3. The number of hydrogen-bond donors (Lipinski definition) is 1. The molecule has 2 aromatic rings. The minimum absolute atomic E-state index is 0.0648. The molecule has 1 atom stereocenters. The van der Waals surface area contributed by atoms with Crippen LogP contribution in [0, 0.1) is 0 Å². The first-order valence-corrected chi connectivity index (χ1v) is 12.1. The van der Waals surface area contributed by atoms with Crippen molar-refractivity contribution in [3.63, 3.8) is 0 Å². The Hall–Kier alpha value is -2.41.